The van der Waals surface area contributed by atoms with E-state index in [9.17, 15) is 4.79 Å². The maximum Gasteiger partial charge on any atom is 0.249 e. The van der Waals surface area contributed by atoms with Crippen molar-refractivity contribution in [3.63, 3.8) is 0 Å². The zero-order valence-corrected chi connectivity index (χ0v) is 11.1. The van der Waals surface area contributed by atoms with Crippen molar-refractivity contribution in [2.75, 3.05) is 7.11 Å². The van der Waals surface area contributed by atoms with E-state index in [0.29, 0.717) is 22.8 Å². The highest BCUT2D eigenvalue weighted by atomic mass is 32.1. The number of amides is 1. The highest BCUT2D eigenvalue weighted by Crippen LogP contribution is 2.23. The monoisotopic (exact) mass is 279 g/mol. The first kappa shape index (κ1) is 13.3. The summed E-state index contributed by atoms with van der Waals surface area (Å²) in [5.41, 5.74) is 6.28. The Morgan fingerprint density at radius 1 is 1.47 bits per heavy atom. The fourth-order valence-electron chi connectivity index (χ4n) is 1.66. The van der Waals surface area contributed by atoms with E-state index in [4.69, 9.17) is 15.2 Å². The summed E-state index contributed by atoms with van der Waals surface area (Å²) in [7, 11) is 1.52. The van der Waals surface area contributed by atoms with E-state index in [1.165, 1.54) is 11.2 Å². The summed E-state index contributed by atoms with van der Waals surface area (Å²) in [4.78, 5) is 11.4. The van der Waals surface area contributed by atoms with Crippen molar-refractivity contribution in [2.24, 2.45) is 5.73 Å². The summed E-state index contributed by atoms with van der Waals surface area (Å²) in [5.74, 6) is 0.412. The van der Waals surface area contributed by atoms with Crippen LogP contribution in [0, 0.1) is 0 Å². The molecule has 0 bridgehead atoms. The Morgan fingerprint density at radius 3 is 2.84 bits per heavy atom. The number of carbonyl (C=O) groups is 1. The zero-order chi connectivity index (χ0) is 13.8. The largest absolute Gasteiger partial charge is 0.496 e. The SMILES string of the molecule is COc1cccc(C(N)=O)c1COc1ccn(S)n1. The molecule has 0 aliphatic rings. The molecule has 1 heterocycles. The summed E-state index contributed by atoms with van der Waals surface area (Å²) in [5, 5.41) is 3.96. The third-order valence-corrected chi connectivity index (χ3v) is 2.76. The molecule has 0 fully saturated rings. The minimum atomic E-state index is -0.530. The lowest BCUT2D eigenvalue weighted by Crippen LogP contribution is -2.15. The maximum absolute atomic E-state index is 11.4. The van der Waals surface area contributed by atoms with Crippen molar-refractivity contribution in [3.05, 3.63) is 41.6 Å². The number of nitrogens with zero attached hydrogens (tertiary/aromatic N) is 2. The van der Waals surface area contributed by atoms with Crippen LogP contribution in [0.25, 0.3) is 0 Å². The molecular formula is C12H13N3O3S. The van der Waals surface area contributed by atoms with Crippen LogP contribution in [0.4, 0.5) is 0 Å². The summed E-state index contributed by atoms with van der Waals surface area (Å²) < 4.78 is 12.0. The number of methoxy groups -OCH3 is 1. The topological polar surface area (TPSA) is 79.4 Å². The molecule has 0 saturated carbocycles. The Labute approximate surface area is 115 Å². The standard InChI is InChI=1S/C12H13N3O3S/c1-17-10-4-2-3-8(12(13)16)9(10)7-18-11-5-6-15(19)14-11/h2-6,19H,7H2,1H3,(H2,13,16). The van der Waals surface area contributed by atoms with E-state index in [1.54, 1.807) is 30.5 Å². The second-order valence-electron chi connectivity index (χ2n) is 3.71. The summed E-state index contributed by atoms with van der Waals surface area (Å²) in [6, 6.07) is 6.72. The van der Waals surface area contributed by atoms with Gasteiger partial charge in [0.25, 0.3) is 0 Å². The first-order chi connectivity index (χ1) is 9.11. The first-order valence-corrected chi connectivity index (χ1v) is 5.85. The van der Waals surface area contributed by atoms with Gasteiger partial charge in [0.1, 0.15) is 12.4 Å². The van der Waals surface area contributed by atoms with Crippen LogP contribution < -0.4 is 15.2 Å². The lowest BCUT2D eigenvalue weighted by Gasteiger charge is -2.12. The van der Waals surface area contributed by atoms with Crippen LogP contribution in [0.5, 0.6) is 11.6 Å². The Hall–Kier alpha value is -2.15. The zero-order valence-electron chi connectivity index (χ0n) is 10.2. The number of thiol groups is 1. The van der Waals surface area contributed by atoms with Crippen LogP contribution in [-0.2, 0) is 6.61 Å². The van der Waals surface area contributed by atoms with E-state index in [-0.39, 0.29) is 6.61 Å². The van der Waals surface area contributed by atoms with Gasteiger partial charge in [0.05, 0.1) is 7.11 Å². The van der Waals surface area contributed by atoms with Crippen LogP contribution in [0.2, 0.25) is 0 Å². The second-order valence-corrected chi connectivity index (χ2v) is 4.12. The Morgan fingerprint density at radius 2 is 2.26 bits per heavy atom. The lowest BCUT2D eigenvalue weighted by molar-refractivity contribution is 0.0997. The fraction of sp³-hybridized carbons (Fsp3) is 0.167. The molecule has 1 aromatic carbocycles. The van der Waals surface area contributed by atoms with Gasteiger partial charge in [-0.1, -0.05) is 6.07 Å². The number of hydrogen-bond acceptors (Lipinski definition) is 5. The maximum atomic E-state index is 11.4. The third kappa shape index (κ3) is 3.00. The number of carbonyl (C=O) groups excluding carboxylic acids is 1. The van der Waals surface area contributed by atoms with Gasteiger partial charge in [0.2, 0.25) is 11.8 Å². The number of primary amides is 1. The Kier molecular flexibility index (Phi) is 3.96. The van der Waals surface area contributed by atoms with Gasteiger partial charge in [-0.25, -0.2) is 4.09 Å². The van der Waals surface area contributed by atoms with E-state index < -0.39 is 5.91 Å². The van der Waals surface area contributed by atoms with Gasteiger partial charge in [-0.2, -0.15) is 0 Å². The molecule has 0 aliphatic carbocycles. The van der Waals surface area contributed by atoms with Crippen molar-refractivity contribution >= 4 is 18.7 Å². The van der Waals surface area contributed by atoms with Gasteiger partial charge < -0.3 is 15.2 Å². The van der Waals surface area contributed by atoms with Crippen molar-refractivity contribution in [2.45, 2.75) is 6.61 Å². The van der Waals surface area contributed by atoms with Gasteiger partial charge >= 0.3 is 0 Å². The molecule has 0 saturated heterocycles. The molecular weight excluding hydrogens is 266 g/mol. The molecule has 19 heavy (non-hydrogen) atoms. The number of ether oxygens (including phenoxy) is 2. The number of benzene rings is 1. The minimum absolute atomic E-state index is 0.132. The molecule has 6 nitrogen and oxygen atoms in total. The van der Waals surface area contributed by atoms with Crippen LogP contribution in [-0.4, -0.2) is 22.2 Å². The summed E-state index contributed by atoms with van der Waals surface area (Å²) in [6.45, 7) is 0.132. The normalized spacial score (nSPS) is 10.2. The number of hydrogen-bond donors (Lipinski definition) is 2. The summed E-state index contributed by atoms with van der Waals surface area (Å²) in [6.07, 6.45) is 1.63. The quantitative estimate of drug-likeness (QED) is 0.808. The number of nitrogens with two attached hydrogens (primary N) is 1. The molecule has 1 aromatic heterocycles. The molecule has 0 aliphatic heterocycles. The molecule has 0 atom stereocenters. The number of rotatable bonds is 5. The summed E-state index contributed by atoms with van der Waals surface area (Å²) >= 11 is 4.00. The minimum Gasteiger partial charge on any atom is -0.496 e. The predicted octanol–water partition coefficient (Wildman–Crippen LogP) is 1.26. The molecule has 2 N–H and O–H groups in total. The third-order valence-electron chi connectivity index (χ3n) is 2.53. The van der Waals surface area contributed by atoms with Crippen LogP contribution in [0.15, 0.2) is 30.5 Å². The molecule has 0 unspecified atom stereocenters. The van der Waals surface area contributed by atoms with Gasteiger partial charge in [-0.15, -0.1) is 5.10 Å². The predicted molar refractivity (Wildman–Crippen MR) is 72.5 cm³/mol. The highest BCUT2D eigenvalue weighted by Gasteiger charge is 2.14. The van der Waals surface area contributed by atoms with Crippen LogP contribution in [0.3, 0.4) is 0 Å². The van der Waals surface area contributed by atoms with Gasteiger partial charge in [-0.3, -0.25) is 4.79 Å². The lowest BCUT2D eigenvalue weighted by atomic mass is 10.1. The van der Waals surface area contributed by atoms with Gasteiger partial charge in [0.15, 0.2) is 0 Å². The van der Waals surface area contributed by atoms with E-state index in [1.807, 2.05) is 0 Å². The van der Waals surface area contributed by atoms with Crippen molar-refractivity contribution in [3.8, 4) is 11.6 Å². The molecule has 2 rings (SSSR count). The van der Waals surface area contributed by atoms with Crippen LogP contribution in [0.1, 0.15) is 15.9 Å². The van der Waals surface area contributed by atoms with E-state index >= 15 is 0 Å². The van der Waals surface area contributed by atoms with Crippen LogP contribution >= 0.6 is 12.8 Å². The van der Waals surface area contributed by atoms with E-state index in [0.717, 1.165) is 0 Å². The second kappa shape index (κ2) is 5.66. The first-order valence-electron chi connectivity index (χ1n) is 5.45. The van der Waals surface area contributed by atoms with Crippen molar-refractivity contribution < 1.29 is 14.3 Å². The van der Waals surface area contributed by atoms with Gasteiger partial charge in [0, 0.05) is 23.4 Å². The molecule has 0 spiro atoms. The Bertz CT molecular complexity index is 598. The van der Waals surface area contributed by atoms with Crippen molar-refractivity contribution in [1.82, 2.24) is 9.19 Å². The van der Waals surface area contributed by atoms with E-state index in [2.05, 4.69) is 17.9 Å². The Balaban J connectivity index is 2.25. The fourth-order valence-corrected chi connectivity index (χ4v) is 1.81. The average Bonchev–Trinajstić information content (AvgIpc) is 2.81. The average molecular weight is 279 g/mol. The number of aromatic nitrogens is 2. The van der Waals surface area contributed by atoms with Crippen molar-refractivity contribution in [1.29, 1.82) is 0 Å². The molecule has 0 radical (unpaired) electrons. The smallest absolute Gasteiger partial charge is 0.249 e. The molecule has 100 valence electrons. The molecule has 2 aromatic rings. The highest BCUT2D eigenvalue weighted by molar-refractivity contribution is 7.78. The molecule has 1 amide bonds. The molecule has 7 heteroatoms. The van der Waals surface area contributed by atoms with Gasteiger partial charge in [-0.05, 0) is 24.9 Å².